The summed E-state index contributed by atoms with van der Waals surface area (Å²) in [4.78, 5) is 29.6. The highest BCUT2D eigenvalue weighted by Gasteiger charge is 2.32. The molecule has 7 nitrogen and oxygen atoms in total. The zero-order valence-corrected chi connectivity index (χ0v) is 16.0. The van der Waals surface area contributed by atoms with Crippen molar-refractivity contribution in [3.05, 3.63) is 105 Å². The molecule has 0 bridgehead atoms. The maximum Gasteiger partial charge on any atom is 0.282 e. The standard InChI is InChI=1S/C23H17N3O4/c1-15-2-6-17(7-3-15)22-24-21(14-16-4-8-19(9-5-16)26(29)30)23(28)25(22)18-10-12-20(27)13-11-18/h2-14,27H,1H3/b21-14+. The first-order valence-electron chi connectivity index (χ1n) is 9.18. The van der Waals surface area contributed by atoms with Crippen molar-refractivity contribution in [2.75, 3.05) is 4.90 Å². The molecule has 1 N–H and O–H groups in total. The third kappa shape index (κ3) is 3.68. The van der Waals surface area contributed by atoms with Crippen LogP contribution in [0.25, 0.3) is 6.08 Å². The molecule has 4 rings (SSSR count). The zero-order valence-electron chi connectivity index (χ0n) is 16.0. The Balaban J connectivity index is 1.78. The van der Waals surface area contributed by atoms with Crippen LogP contribution in [0.1, 0.15) is 16.7 Å². The van der Waals surface area contributed by atoms with Gasteiger partial charge in [0.15, 0.2) is 0 Å². The third-order valence-corrected chi connectivity index (χ3v) is 4.69. The number of benzene rings is 3. The number of non-ortho nitro benzene ring substituents is 1. The third-order valence-electron chi connectivity index (χ3n) is 4.69. The van der Waals surface area contributed by atoms with E-state index in [0.29, 0.717) is 17.1 Å². The van der Waals surface area contributed by atoms with Crippen LogP contribution in [0.3, 0.4) is 0 Å². The van der Waals surface area contributed by atoms with Gasteiger partial charge in [-0.05, 0) is 55.0 Å². The van der Waals surface area contributed by atoms with E-state index in [1.165, 1.54) is 29.2 Å². The van der Waals surface area contributed by atoms with Crippen LogP contribution in [0, 0.1) is 17.0 Å². The van der Waals surface area contributed by atoms with Gasteiger partial charge in [0, 0.05) is 17.7 Å². The van der Waals surface area contributed by atoms with Crippen LogP contribution in [0.4, 0.5) is 11.4 Å². The van der Waals surface area contributed by atoms with E-state index in [1.54, 1.807) is 30.3 Å². The van der Waals surface area contributed by atoms with E-state index in [0.717, 1.165) is 11.1 Å². The minimum absolute atomic E-state index is 0.0236. The van der Waals surface area contributed by atoms with Crippen molar-refractivity contribution in [1.82, 2.24) is 0 Å². The summed E-state index contributed by atoms with van der Waals surface area (Å²) in [5, 5.41) is 20.4. The van der Waals surface area contributed by atoms with E-state index in [9.17, 15) is 20.0 Å². The number of aliphatic imine (C=N–C) groups is 1. The molecule has 0 aliphatic carbocycles. The summed E-state index contributed by atoms with van der Waals surface area (Å²) in [6.45, 7) is 1.98. The van der Waals surface area contributed by atoms with E-state index in [2.05, 4.69) is 4.99 Å². The molecule has 0 unspecified atom stereocenters. The normalized spacial score (nSPS) is 14.8. The quantitative estimate of drug-likeness (QED) is 0.398. The molecule has 0 spiro atoms. The smallest absolute Gasteiger partial charge is 0.282 e. The molecule has 0 aromatic heterocycles. The number of aromatic hydroxyl groups is 1. The van der Waals surface area contributed by atoms with Crippen LogP contribution >= 0.6 is 0 Å². The number of carbonyl (C=O) groups is 1. The predicted octanol–water partition coefficient (Wildman–Crippen LogP) is 4.44. The first kappa shape index (κ1) is 19.1. The summed E-state index contributed by atoms with van der Waals surface area (Å²) in [5.41, 5.74) is 3.25. The largest absolute Gasteiger partial charge is 0.508 e. The second kappa shape index (κ2) is 7.63. The number of aryl methyl sites for hydroxylation is 1. The Labute approximate surface area is 172 Å². The minimum Gasteiger partial charge on any atom is -0.508 e. The molecule has 148 valence electrons. The Morgan fingerprint density at radius 1 is 0.967 bits per heavy atom. The number of hydrogen-bond donors (Lipinski definition) is 1. The van der Waals surface area contributed by atoms with Gasteiger partial charge < -0.3 is 5.11 Å². The van der Waals surface area contributed by atoms with Crippen molar-refractivity contribution in [3.63, 3.8) is 0 Å². The van der Waals surface area contributed by atoms with E-state index in [1.807, 2.05) is 31.2 Å². The van der Waals surface area contributed by atoms with Gasteiger partial charge in [0.25, 0.3) is 11.6 Å². The maximum absolute atomic E-state index is 13.2. The van der Waals surface area contributed by atoms with Crippen molar-refractivity contribution < 1.29 is 14.8 Å². The fourth-order valence-corrected chi connectivity index (χ4v) is 3.10. The van der Waals surface area contributed by atoms with Gasteiger partial charge in [-0.25, -0.2) is 4.99 Å². The number of amidine groups is 1. The molecular weight excluding hydrogens is 382 g/mol. The lowest BCUT2D eigenvalue weighted by Crippen LogP contribution is -2.32. The molecule has 0 fully saturated rings. The summed E-state index contributed by atoms with van der Waals surface area (Å²) < 4.78 is 0. The van der Waals surface area contributed by atoms with E-state index in [-0.39, 0.29) is 23.0 Å². The summed E-state index contributed by atoms with van der Waals surface area (Å²) in [6, 6.07) is 19.9. The van der Waals surface area contributed by atoms with Gasteiger partial charge in [-0.2, -0.15) is 0 Å². The number of nitro benzene ring substituents is 1. The number of anilines is 1. The zero-order chi connectivity index (χ0) is 21.3. The van der Waals surface area contributed by atoms with Crippen molar-refractivity contribution in [1.29, 1.82) is 0 Å². The first-order valence-corrected chi connectivity index (χ1v) is 9.18. The Morgan fingerprint density at radius 3 is 2.20 bits per heavy atom. The van der Waals surface area contributed by atoms with Gasteiger partial charge in [-0.3, -0.25) is 19.8 Å². The number of nitro groups is 1. The van der Waals surface area contributed by atoms with Gasteiger partial charge in [-0.1, -0.05) is 29.8 Å². The predicted molar refractivity (Wildman–Crippen MR) is 114 cm³/mol. The number of carbonyl (C=O) groups excluding carboxylic acids is 1. The number of phenols is 1. The molecule has 1 aliphatic rings. The Bertz CT molecular complexity index is 1180. The van der Waals surface area contributed by atoms with E-state index >= 15 is 0 Å². The molecule has 0 radical (unpaired) electrons. The molecule has 1 aliphatic heterocycles. The average Bonchev–Trinajstić information content (AvgIpc) is 3.06. The Kier molecular flexibility index (Phi) is 4.85. The van der Waals surface area contributed by atoms with Crippen molar-refractivity contribution in [3.8, 4) is 5.75 Å². The van der Waals surface area contributed by atoms with Crippen molar-refractivity contribution in [2.45, 2.75) is 6.92 Å². The highest BCUT2D eigenvalue weighted by Crippen LogP contribution is 2.29. The topological polar surface area (TPSA) is 96.0 Å². The summed E-state index contributed by atoms with van der Waals surface area (Å²) in [7, 11) is 0. The van der Waals surface area contributed by atoms with Crippen molar-refractivity contribution >= 4 is 29.2 Å². The summed E-state index contributed by atoms with van der Waals surface area (Å²) >= 11 is 0. The molecule has 30 heavy (non-hydrogen) atoms. The highest BCUT2D eigenvalue weighted by atomic mass is 16.6. The molecule has 0 atom stereocenters. The molecule has 1 heterocycles. The van der Waals surface area contributed by atoms with Crippen LogP contribution in [-0.2, 0) is 4.79 Å². The fraction of sp³-hybridized carbons (Fsp3) is 0.0435. The van der Waals surface area contributed by atoms with Crippen LogP contribution in [0.5, 0.6) is 5.75 Å². The Morgan fingerprint density at radius 2 is 1.60 bits per heavy atom. The van der Waals surface area contributed by atoms with Crippen LogP contribution in [0.2, 0.25) is 0 Å². The second-order valence-electron chi connectivity index (χ2n) is 6.84. The molecule has 3 aromatic carbocycles. The molecular formula is C23H17N3O4. The summed E-state index contributed by atoms with van der Waals surface area (Å²) in [5.74, 6) is 0.245. The number of nitrogens with zero attached hydrogens (tertiary/aromatic N) is 3. The molecule has 7 heteroatoms. The lowest BCUT2D eigenvalue weighted by Gasteiger charge is -2.18. The molecule has 0 saturated carbocycles. The second-order valence-corrected chi connectivity index (χ2v) is 6.84. The lowest BCUT2D eigenvalue weighted by atomic mass is 10.1. The van der Waals surface area contributed by atoms with Crippen LogP contribution in [0.15, 0.2) is 83.5 Å². The van der Waals surface area contributed by atoms with Gasteiger partial charge in [-0.15, -0.1) is 0 Å². The number of rotatable bonds is 4. The first-order chi connectivity index (χ1) is 14.4. The average molecular weight is 399 g/mol. The molecule has 3 aromatic rings. The Hall–Kier alpha value is -4.26. The maximum atomic E-state index is 13.2. The van der Waals surface area contributed by atoms with Gasteiger partial charge in [0.05, 0.1) is 10.6 Å². The SMILES string of the molecule is Cc1ccc(C2=N/C(=C/c3ccc([N+](=O)[O-])cc3)C(=O)N2c2ccc(O)cc2)cc1. The lowest BCUT2D eigenvalue weighted by molar-refractivity contribution is -0.384. The number of phenolic OH excluding ortho intramolecular Hbond substituents is 1. The van der Waals surface area contributed by atoms with Gasteiger partial charge in [0.2, 0.25) is 0 Å². The van der Waals surface area contributed by atoms with Crippen LogP contribution in [-0.4, -0.2) is 21.8 Å². The highest BCUT2D eigenvalue weighted by molar-refractivity contribution is 6.33. The van der Waals surface area contributed by atoms with Gasteiger partial charge in [0.1, 0.15) is 17.3 Å². The minimum atomic E-state index is -0.474. The fourth-order valence-electron chi connectivity index (χ4n) is 3.10. The summed E-state index contributed by atoms with van der Waals surface area (Å²) in [6.07, 6.45) is 1.60. The monoisotopic (exact) mass is 399 g/mol. The van der Waals surface area contributed by atoms with Crippen molar-refractivity contribution in [2.24, 2.45) is 4.99 Å². The van der Waals surface area contributed by atoms with E-state index in [4.69, 9.17) is 0 Å². The van der Waals surface area contributed by atoms with Crippen LogP contribution < -0.4 is 4.90 Å². The van der Waals surface area contributed by atoms with Gasteiger partial charge >= 0.3 is 0 Å². The number of amides is 1. The molecule has 0 saturated heterocycles. The molecule has 1 amide bonds. The number of hydrogen-bond acceptors (Lipinski definition) is 5. The van der Waals surface area contributed by atoms with E-state index < -0.39 is 4.92 Å².